The van der Waals surface area contributed by atoms with Crippen LogP contribution in [0.25, 0.3) is 16.6 Å². The van der Waals surface area contributed by atoms with Crippen LogP contribution >= 0.6 is 0 Å². The normalized spacial score (nSPS) is 14.5. The van der Waals surface area contributed by atoms with Gasteiger partial charge in [0.05, 0.1) is 34.7 Å². The van der Waals surface area contributed by atoms with Crippen LogP contribution in [-0.2, 0) is 4.74 Å². The highest BCUT2D eigenvalue weighted by Gasteiger charge is 2.16. The van der Waals surface area contributed by atoms with E-state index in [1.807, 2.05) is 4.90 Å². The lowest BCUT2D eigenvalue weighted by molar-refractivity contribution is -0.384. The Bertz CT molecular complexity index is 1090. The van der Waals surface area contributed by atoms with Crippen molar-refractivity contribution in [1.82, 2.24) is 14.5 Å². The summed E-state index contributed by atoms with van der Waals surface area (Å²) in [5.74, 6) is 0.564. The van der Waals surface area contributed by atoms with Gasteiger partial charge in [0.15, 0.2) is 0 Å². The van der Waals surface area contributed by atoms with Gasteiger partial charge in [0.1, 0.15) is 0 Å². The largest absolute Gasteiger partial charge is 0.378 e. The Labute approximate surface area is 154 Å². The van der Waals surface area contributed by atoms with Crippen molar-refractivity contribution in [2.75, 3.05) is 31.2 Å². The number of pyridine rings is 1. The van der Waals surface area contributed by atoms with Crippen LogP contribution in [0.1, 0.15) is 5.56 Å². The molecule has 0 atom stereocenters. The summed E-state index contributed by atoms with van der Waals surface area (Å²) >= 11 is 0. The molecule has 1 aliphatic heterocycles. The topological polar surface area (TPSA) is 103 Å². The zero-order valence-corrected chi connectivity index (χ0v) is 14.7. The molecule has 2 aromatic heterocycles. The molecule has 0 amide bonds. The monoisotopic (exact) mass is 367 g/mol. The van der Waals surface area contributed by atoms with Crippen molar-refractivity contribution in [3.8, 4) is 5.69 Å². The summed E-state index contributed by atoms with van der Waals surface area (Å²) in [6.45, 7) is 4.45. The van der Waals surface area contributed by atoms with Crippen molar-refractivity contribution >= 4 is 22.5 Å². The first-order chi connectivity index (χ1) is 13.0. The SMILES string of the molecule is Cc1ccc([N+](=O)[O-])cc1-n1ccc2nc(N3CCOCC3)ncc2c1=O. The summed E-state index contributed by atoms with van der Waals surface area (Å²) in [6, 6.07) is 6.16. The average molecular weight is 367 g/mol. The van der Waals surface area contributed by atoms with Gasteiger partial charge in [-0.15, -0.1) is 0 Å². The van der Waals surface area contributed by atoms with Crippen LogP contribution in [-0.4, -0.2) is 45.8 Å². The maximum atomic E-state index is 12.9. The first kappa shape index (κ1) is 17.1. The van der Waals surface area contributed by atoms with Gasteiger partial charge in [0.25, 0.3) is 11.2 Å². The number of ether oxygens (including phenoxy) is 1. The number of nitro groups is 1. The third-order valence-electron chi connectivity index (χ3n) is 4.59. The highest BCUT2D eigenvalue weighted by molar-refractivity contribution is 5.78. The molecular formula is C18H17N5O4. The molecule has 0 bridgehead atoms. The molecule has 0 saturated carbocycles. The number of anilines is 1. The summed E-state index contributed by atoms with van der Waals surface area (Å²) in [5.41, 5.74) is 1.38. The molecule has 3 aromatic rings. The van der Waals surface area contributed by atoms with Gasteiger partial charge in [0.2, 0.25) is 5.95 Å². The Balaban J connectivity index is 1.80. The highest BCUT2D eigenvalue weighted by atomic mass is 16.6. The fourth-order valence-corrected chi connectivity index (χ4v) is 3.10. The minimum absolute atomic E-state index is 0.0680. The smallest absolute Gasteiger partial charge is 0.271 e. The van der Waals surface area contributed by atoms with Crippen LogP contribution < -0.4 is 10.5 Å². The lowest BCUT2D eigenvalue weighted by Gasteiger charge is -2.26. The van der Waals surface area contributed by atoms with Crippen molar-refractivity contribution in [3.63, 3.8) is 0 Å². The molecule has 9 nitrogen and oxygen atoms in total. The molecule has 4 rings (SSSR count). The lowest BCUT2D eigenvalue weighted by Crippen LogP contribution is -2.37. The number of nitrogens with zero attached hydrogens (tertiary/aromatic N) is 5. The molecule has 0 unspecified atom stereocenters. The van der Waals surface area contributed by atoms with Crippen molar-refractivity contribution < 1.29 is 9.66 Å². The first-order valence-corrected chi connectivity index (χ1v) is 8.51. The number of hydrogen-bond donors (Lipinski definition) is 0. The average Bonchev–Trinajstić information content (AvgIpc) is 2.69. The van der Waals surface area contributed by atoms with Gasteiger partial charge in [-0.3, -0.25) is 19.5 Å². The lowest BCUT2D eigenvalue weighted by atomic mass is 10.1. The van der Waals surface area contributed by atoms with Crippen molar-refractivity contribution in [3.05, 3.63) is 62.7 Å². The second kappa shape index (κ2) is 6.76. The summed E-state index contributed by atoms with van der Waals surface area (Å²) in [4.78, 5) is 34.4. The van der Waals surface area contributed by atoms with Crippen LogP contribution in [0.4, 0.5) is 11.6 Å². The van der Waals surface area contributed by atoms with E-state index in [2.05, 4.69) is 9.97 Å². The van der Waals surface area contributed by atoms with Gasteiger partial charge in [-0.25, -0.2) is 9.97 Å². The molecular weight excluding hydrogens is 350 g/mol. The second-order valence-electron chi connectivity index (χ2n) is 6.29. The Morgan fingerprint density at radius 2 is 2.00 bits per heavy atom. The Hall–Kier alpha value is -3.33. The zero-order chi connectivity index (χ0) is 19.0. The summed E-state index contributed by atoms with van der Waals surface area (Å²) in [5, 5.41) is 11.4. The molecule has 0 aliphatic carbocycles. The van der Waals surface area contributed by atoms with Gasteiger partial charge >= 0.3 is 0 Å². The minimum atomic E-state index is -0.479. The number of benzene rings is 1. The van der Waals surface area contributed by atoms with E-state index < -0.39 is 4.92 Å². The Kier molecular flexibility index (Phi) is 4.28. The molecule has 1 saturated heterocycles. The maximum absolute atomic E-state index is 12.9. The Morgan fingerprint density at radius 1 is 1.22 bits per heavy atom. The van der Waals surface area contributed by atoms with E-state index in [0.29, 0.717) is 48.8 Å². The molecule has 0 spiro atoms. The van der Waals surface area contributed by atoms with Crippen LogP contribution in [0.15, 0.2) is 41.5 Å². The molecule has 9 heteroatoms. The van der Waals surface area contributed by atoms with Gasteiger partial charge in [0, 0.05) is 37.6 Å². The minimum Gasteiger partial charge on any atom is -0.378 e. The van der Waals surface area contributed by atoms with Crippen molar-refractivity contribution in [2.45, 2.75) is 6.92 Å². The van der Waals surface area contributed by atoms with Crippen LogP contribution in [0.3, 0.4) is 0 Å². The number of fused-ring (bicyclic) bond motifs is 1. The van der Waals surface area contributed by atoms with E-state index in [9.17, 15) is 14.9 Å². The molecule has 138 valence electrons. The van der Waals surface area contributed by atoms with E-state index in [4.69, 9.17) is 4.74 Å². The fraction of sp³-hybridized carbons (Fsp3) is 0.278. The molecule has 27 heavy (non-hydrogen) atoms. The fourth-order valence-electron chi connectivity index (χ4n) is 3.10. The van der Waals surface area contributed by atoms with Gasteiger partial charge in [-0.05, 0) is 18.6 Å². The summed E-state index contributed by atoms with van der Waals surface area (Å²) in [7, 11) is 0. The molecule has 1 aliphatic rings. The third kappa shape index (κ3) is 3.13. The molecule has 1 aromatic carbocycles. The van der Waals surface area contributed by atoms with E-state index in [1.165, 1.54) is 22.9 Å². The first-order valence-electron chi connectivity index (χ1n) is 8.51. The molecule has 0 N–H and O–H groups in total. The Morgan fingerprint density at radius 3 is 2.74 bits per heavy atom. The molecule has 3 heterocycles. The van der Waals surface area contributed by atoms with E-state index in [-0.39, 0.29) is 11.2 Å². The predicted molar refractivity (Wildman–Crippen MR) is 99.6 cm³/mol. The zero-order valence-electron chi connectivity index (χ0n) is 14.7. The van der Waals surface area contributed by atoms with Gasteiger partial charge in [-0.1, -0.05) is 6.07 Å². The van der Waals surface area contributed by atoms with E-state index in [1.54, 1.807) is 25.3 Å². The van der Waals surface area contributed by atoms with Crippen molar-refractivity contribution in [2.24, 2.45) is 0 Å². The van der Waals surface area contributed by atoms with Crippen LogP contribution in [0, 0.1) is 17.0 Å². The van der Waals surface area contributed by atoms with E-state index >= 15 is 0 Å². The number of morpholine rings is 1. The van der Waals surface area contributed by atoms with Crippen molar-refractivity contribution in [1.29, 1.82) is 0 Å². The number of aromatic nitrogens is 3. The number of non-ortho nitro benzene ring substituents is 1. The number of rotatable bonds is 3. The second-order valence-corrected chi connectivity index (χ2v) is 6.29. The quantitative estimate of drug-likeness (QED) is 0.514. The predicted octanol–water partition coefficient (Wildman–Crippen LogP) is 1.83. The summed E-state index contributed by atoms with van der Waals surface area (Å²) in [6.07, 6.45) is 3.10. The number of aryl methyl sites for hydroxylation is 1. The summed E-state index contributed by atoms with van der Waals surface area (Å²) < 4.78 is 6.72. The maximum Gasteiger partial charge on any atom is 0.271 e. The highest BCUT2D eigenvalue weighted by Crippen LogP contribution is 2.21. The standard InChI is InChI=1S/C18H17N5O4/c1-12-2-3-13(23(25)26)10-16(12)22-5-4-15-14(17(22)24)11-19-18(20-15)21-6-8-27-9-7-21/h2-5,10-11H,6-9H2,1H3. The van der Waals surface area contributed by atoms with Crippen LogP contribution in [0.5, 0.6) is 0 Å². The third-order valence-corrected chi connectivity index (χ3v) is 4.59. The van der Waals surface area contributed by atoms with Gasteiger partial charge < -0.3 is 9.64 Å². The number of hydrogen-bond acceptors (Lipinski definition) is 7. The van der Waals surface area contributed by atoms with Gasteiger partial charge in [-0.2, -0.15) is 0 Å². The van der Waals surface area contributed by atoms with Crippen LogP contribution in [0.2, 0.25) is 0 Å². The van der Waals surface area contributed by atoms with E-state index in [0.717, 1.165) is 5.56 Å². The molecule has 0 radical (unpaired) electrons. The molecule has 1 fully saturated rings. The number of nitro benzene ring substituents is 1.